The molecule has 234 valence electrons. The molecule has 3 aromatic carbocycles. The number of halogens is 3. The van der Waals surface area contributed by atoms with E-state index in [4.69, 9.17) is 31.5 Å². The van der Waals surface area contributed by atoms with Gasteiger partial charge in [-0.2, -0.15) is 0 Å². The van der Waals surface area contributed by atoms with E-state index in [9.17, 15) is 9.90 Å². The van der Waals surface area contributed by atoms with Crippen molar-refractivity contribution in [1.82, 2.24) is 5.32 Å². The standard InChI is InChI=1S/C34H37ClF2N2O5/c1-33(41)13-11-21(12-14-33)39-19-34(20-6-3-2-4-7-20)17-24-27(44-34)16-25(36)30(35)28(24)29-23(32(38)40)9-10-26(31(29)37)43-18-22-8-5-15-42-22/h2-4,6-7,9-10,16,21-22,39,41H,5,8,11-15,17-19H2,1H3,(H2,38,40)/t21-,22-,33+,34-/m1/s1. The van der Waals surface area contributed by atoms with E-state index in [-0.39, 0.29) is 58.4 Å². The van der Waals surface area contributed by atoms with Crippen molar-refractivity contribution in [3.63, 3.8) is 0 Å². The van der Waals surface area contributed by atoms with Gasteiger partial charge in [0.1, 0.15) is 18.2 Å². The van der Waals surface area contributed by atoms with Gasteiger partial charge < -0.3 is 30.4 Å². The van der Waals surface area contributed by atoms with Crippen molar-refractivity contribution in [1.29, 1.82) is 0 Å². The number of rotatable bonds is 9. The zero-order valence-corrected chi connectivity index (χ0v) is 25.4. The van der Waals surface area contributed by atoms with Gasteiger partial charge in [0.15, 0.2) is 17.2 Å². The van der Waals surface area contributed by atoms with Gasteiger partial charge in [-0.25, -0.2) is 8.78 Å². The van der Waals surface area contributed by atoms with E-state index in [1.165, 1.54) is 18.2 Å². The smallest absolute Gasteiger partial charge is 0.249 e. The molecule has 2 aliphatic heterocycles. The Morgan fingerprint density at radius 3 is 2.57 bits per heavy atom. The van der Waals surface area contributed by atoms with Crippen LogP contribution in [0.4, 0.5) is 8.78 Å². The molecule has 0 radical (unpaired) electrons. The largest absolute Gasteiger partial charge is 0.488 e. The van der Waals surface area contributed by atoms with Gasteiger partial charge in [0.25, 0.3) is 0 Å². The Kier molecular flexibility index (Phi) is 8.58. The number of carbonyl (C=O) groups excluding carboxylic acids is 1. The van der Waals surface area contributed by atoms with Crippen LogP contribution in [0.25, 0.3) is 11.1 Å². The number of nitrogens with one attached hydrogen (secondary N) is 1. The van der Waals surface area contributed by atoms with Gasteiger partial charge in [-0.05, 0) is 63.1 Å². The van der Waals surface area contributed by atoms with Crippen LogP contribution in [0.15, 0.2) is 48.5 Å². The molecule has 4 N–H and O–H groups in total. The van der Waals surface area contributed by atoms with Crippen LogP contribution in [0.3, 0.4) is 0 Å². The number of hydrogen-bond donors (Lipinski definition) is 3. The normalized spacial score (nSPS) is 26.3. The lowest BCUT2D eigenvalue weighted by Gasteiger charge is -2.36. The molecule has 44 heavy (non-hydrogen) atoms. The molecule has 7 nitrogen and oxygen atoms in total. The van der Waals surface area contributed by atoms with E-state index in [0.29, 0.717) is 31.6 Å². The first kappa shape index (κ1) is 30.8. The highest BCUT2D eigenvalue weighted by molar-refractivity contribution is 6.34. The van der Waals surface area contributed by atoms with Gasteiger partial charge in [0.2, 0.25) is 5.91 Å². The number of aliphatic hydroxyl groups is 1. The third kappa shape index (κ3) is 6.03. The average molecular weight is 627 g/mol. The fraction of sp³-hybridized carbons (Fsp3) is 0.441. The molecule has 0 spiro atoms. The monoisotopic (exact) mass is 626 g/mol. The molecule has 2 heterocycles. The number of amides is 1. The summed E-state index contributed by atoms with van der Waals surface area (Å²) in [4.78, 5) is 12.6. The van der Waals surface area contributed by atoms with Crippen molar-refractivity contribution in [2.45, 2.75) is 75.2 Å². The second kappa shape index (κ2) is 12.3. The van der Waals surface area contributed by atoms with E-state index in [1.807, 2.05) is 37.3 Å². The fourth-order valence-electron chi connectivity index (χ4n) is 6.63. The van der Waals surface area contributed by atoms with E-state index < -0.39 is 28.7 Å². The Bertz CT molecular complexity index is 1540. The van der Waals surface area contributed by atoms with Crippen LogP contribution in [0.5, 0.6) is 11.5 Å². The van der Waals surface area contributed by atoms with Crippen LogP contribution in [0, 0.1) is 11.6 Å². The summed E-state index contributed by atoms with van der Waals surface area (Å²) in [6.45, 7) is 2.97. The second-order valence-electron chi connectivity index (χ2n) is 12.4. The number of hydrogen-bond acceptors (Lipinski definition) is 6. The summed E-state index contributed by atoms with van der Waals surface area (Å²) in [7, 11) is 0. The molecular weight excluding hydrogens is 590 g/mol. The van der Waals surface area contributed by atoms with Crippen LogP contribution in [0.1, 0.15) is 66.9 Å². The van der Waals surface area contributed by atoms with Crippen LogP contribution >= 0.6 is 11.6 Å². The summed E-state index contributed by atoms with van der Waals surface area (Å²) in [5.74, 6) is -2.47. The van der Waals surface area contributed by atoms with Crippen molar-refractivity contribution in [2.24, 2.45) is 5.73 Å². The summed E-state index contributed by atoms with van der Waals surface area (Å²) < 4.78 is 49.9. The van der Waals surface area contributed by atoms with Gasteiger partial charge in [-0.1, -0.05) is 41.9 Å². The maximum Gasteiger partial charge on any atom is 0.249 e. The van der Waals surface area contributed by atoms with Crippen molar-refractivity contribution in [3.05, 3.63) is 81.9 Å². The van der Waals surface area contributed by atoms with Gasteiger partial charge in [0.05, 0.1) is 22.3 Å². The molecule has 10 heteroatoms. The topological polar surface area (TPSA) is 103 Å². The minimum Gasteiger partial charge on any atom is -0.488 e. The molecule has 0 unspecified atom stereocenters. The number of ether oxygens (including phenoxy) is 3. The number of benzene rings is 3. The lowest BCUT2D eigenvalue weighted by atomic mass is 9.82. The molecule has 3 aliphatic rings. The Balaban J connectivity index is 1.40. The van der Waals surface area contributed by atoms with Gasteiger partial charge in [0, 0.05) is 48.4 Å². The predicted molar refractivity (Wildman–Crippen MR) is 163 cm³/mol. The highest BCUT2D eigenvalue weighted by Crippen LogP contribution is 2.50. The highest BCUT2D eigenvalue weighted by atomic mass is 35.5. The zero-order valence-electron chi connectivity index (χ0n) is 24.6. The number of fused-ring (bicyclic) bond motifs is 1. The number of nitrogens with two attached hydrogens (primary N) is 1. The quantitative estimate of drug-likeness (QED) is 0.267. The average Bonchev–Trinajstić information content (AvgIpc) is 3.66. The molecule has 6 rings (SSSR count). The molecule has 3 aromatic rings. The van der Waals surface area contributed by atoms with Crippen molar-refractivity contribution < 1.29 is 32.9 Å². The molecule has 1 saturated heterocycles. The molecular formula is C34H37ClF2N2O5. The fourth-order valence-corrected chi connectivity index (χ4v) is 6.90. The van der Waals surface area contributed by atoms with E-state index in [2.05, 4.69) is 5.32 Å². The van der Waals surface area contributed by atoms with E-state index in [0.717, 1.165) is 31.2 Å². The second-order valence-corrected chi connectivity index (χ2v) is 12.8. The molecule has 1 aliphatic carbocycles. The molecule has 2 atom stereocenters. The van der Waals surface area contributed by atoms with Gasteiger partial charge in [-0.3, -0.25) is 4.79 Å². The molecule has 2 fully saturated rings. The van der Waals surface area contributed by atoms with E-state index >= 15 is 8.78 Å². The third-order valence-electron chi connectivity index (χ3n) is 9.16. The van der Waals surface area contributed by atoms with Crippen LogP contribution in [-0.4, -0.2) is 48.5 Å². The van der Waals surface area contributed by atoms with Crippen LogP contribution < -0.4 is 20.5 Å². The summed E-state index contributed by atoms with van der Waals surface area (Å²) >= 11 is 6.61. The maximum atomic E-state index is 16.4. The molecule has 1 amide bonds. The lowest BCUT2D eigenvalue weighted by molar-refractivity contribution is 0.0104. The van der Waals surface area contributed by atoms with E-state index in [1.54, 1.807) is 0 Å². The molecule has 0 aromatic heterocycles. The van der Waals surface area contributed by atoms with Crippen molar-refractivity contribution in [3.8, 4) is 22.6 Å². The van der Waals surface area contributed by atoms with Crippen LogP contribution in [-0.2, 0) is 16.8 Å². The Labute approximate surface area is 260 Å². The highest BCUT2D eigenvalue weighted by Gasteiger charge is 2.45. The minimum absolute atomic E-state index is 0.0158. The SMILES string of the molecule is C[C@]1(O)CC[C@@H](NC[C@@]2(c3ccccc3)Cc3c(cc(F)c(Cl)c3-c3c(C(N)=O)ccc(OC[C@H]4CCCO4)c3F)O2)CC1. The molecule has 1 saturated carbocycles. The molecule has 0 bridgehead atoms. The van der Waals surface area contributed by atoms with Crippen LogP contribution in [0.2, 0.25) is 5.02 Å². The van der Waals surface area contributed by atoms with Gasteiger partial charge >= 0.3 is 0 Å². The van der Waals surface area contributed by atoms with Gasteiger partial charge in [-0.15, -0.1) is 0 Å². The first-order valence-corrected chi connectivity index (χ1v) is 15.5. The lowest BCUT2D eigenvalue weighted by Crippen LogP contribution is -2.48. The minimum atomic E-state index is -0.979. The summed E-state index contributed by atoms with van der Waals surface area (Å²) in [6, 6.07) is 13.6. The Morgan fingerprint density at radius 1 is 1.14 bits per heavy atom. The first-order valence-electron chi connectivity index (χ1n) is 15.2. The first-order chi connectivity index (χ1) is 21.1. The van der Waals surface area contributed by atoms with Crippen molar-refractivity contribution in [2.75, 3.05) is 19.8 Å². The predicted octanol–water partition coefficient (Wildman–Crippen LogP) is 6.06. The maximum absolute atomic E-state index is 16.4. The number of carbonyl (C=O) groups is 1. The zero-order chi connectivity index (χ0) is 31.1. The third-order valence-corrected chi connectivity index (χ3v) is 9.53. The summed E-state index contributed by atoms with van der Waals surface area (Å²) in [5, 5.41) is 13.7. The van der Waals surface area contributed by atoms with Crippen molar-refractivity contribution >= 4 is 17.5 Å². The summed E-state index contributed by atoms with van der Waals surface area (Å²) in [5.41, 5.74) is 5.01. The number of primary amides is 1. The summed E-state index contributed by atoms with van der Waals surface area (Å²) in [6.07, 6.45) is 4.68. The Hall–Kier alpha value is -3.24. The Morgan fingerprint density at radius 2 is 1.89 bits per heavy atom.